The van der Waals surface area contributed by atoms with Gasteiger partial charge in [0.25, 0.3) is 0 Å². The molecule has 0 unspecified atom stereocenters. The molecule has 0 atom stereocenters. The number of ether oxygens (including phenoxy) is 1. The van der Waals surface area contributed by atoms with Crippen LogP contribution in [0.2, 0.25) is 0 Å². The van der Waals surface area contributed by atoms with Gasteiger partial charge in [-0.2, -0.15) is 0 Å². The van der Waals surface area contributed by atoms with Crippen LogP contribution >= 0.6 is 15.9 Å². The molecule has 1 aromatic rings. The summed E-state index contributed by atoms with van der Waals surface area (Å²) in [7, 11) is 1.24. The molecule has 0 saturated carbocycles. The SMILES string of the molecule is COC(=O)c1ccc(F)c(Br)n1. The highest BCUT2D eigenvalue weighted by Crippen LogP contribution is 2.12. The molecule has 0 saturated heterocycles. The van der Waals surface area contributed by atoms with E-state index < -0.39 is 11.8 Å². The first-order valence-corrected chi connectivity index (χ1v) is 3.85. The van der Waals surface area contributed by atoms with E-state index in [0.717, 1.165) is 6.07 Å². The number of pyridine rings is 1. The zero-order chi connectivity index (χ0) is 9.14. The molecule has 5 heteroatoms. The summed E-state index contributed by atoms with van der Waals surface area (Å²) in [6, 6.07) is 2.40. The van der Waals surface area contributed by atoms with E-state index in [1.807, 2.05) is 0 Å². The fourth-order valence-corrected chi connectivity index (χ4v) is 0.959. The Bertz CT molecular complexity index is 316. The summed E-state index contributed by atoms with van der Waals surface area (Å²) < 4.78 is 17.0. The maximum Gasteiger partial charge on any atom is 0.356 e. The van der Waals surface area contributed by atoms with Crippen LogP contribution in [0.3, 0.4) is 0 Å². The predicted molar refractivity (Wildman–Crippen MR) is 43.2 cm³/mol. The van der Waals surface area contributed by atoms with Crippen molar-refractivity contribution in [1.29, 1.82) is 0 Å². The van der Waals surface area contributed by atoms with Gasteiger partial charge in [-0.15, -0.1) is 0 Å². The maximum absolute atomic E-state index is 12.6. The summed E-state index contributed by atoms with van der Waals surface area (Å²) in [6.07, 6.45) is 0. The topological polar surface area (TPSA) is 39.2 Å². The van der Waals surface area contributed by atoms with Gasteiger partial charge in [-0.3, -0.25) is 0 Å². The lowest BCUT2D eigenvalue weighted by Gasteiger charge is -1.98. The van der Waals surface area contributed by atoms with Crippen molar-refractivity contribution in [2.75, 3.05) is 7.11 Å². The third kappa shape index (κ3) is 1.79. The molecule has 1 aromatic heterocycles. The number of carbonyl (C=O) groups is 1. The van der Waals surface area contributed by atoms with Crippen LogP contribution in [0.25, 0.3) is 0 Å². The molecule has 0 amide bonds. The molecule has 3 nitrogen and oxygen atoms in total. The number of hydrogen-bond acceptors (Lipinski definition) is 3. The third-order valence-corrected chi connectivity index (χ3v) is 1.75. The van der Waals surface area contributed by atoms with Crippen molar-refractivity contribution in [3.05, 3.63) is 28.2 Å². The normalized spacial score (nSPS) is 9.58. The average Bonchev–Trinajstić information content (AvgIpc) is 2.08. The zero-order valence-electron chi connectivity index (χ0n) is 6.17. The van der Waals surface area contributed by atoms with Gasteiger partial charge in [-0.05, 0) is 28.1 Å². The monoisotopic (exact) mass is 233 g/mol. The molecule has 1 heterocycles. The van der Waals surface area contributed by atoms with Crippen molar-refractivity contribution in [2.24, 2.45) is 0 Å². The fraction of sp³-hybridized carbons (Fsp3) is 0.143. The van der Waals surface area contributed by atoms with Gasteiger partial charge in [0.2, 0.25) is 0 Å². The van der Waals surface area contributed by atoms with Crippen LogP contribution in [0.5, 0.6) is 0 Å². The van der Waals surface area contributed by atoms with Crippen molar-refractivity contribution in [1.82, 2.24) is 4.98 Å². The summed E-state index contributed by atoms with van der Waals surface area (Å²) in [5, 5.41) is 0. The van der Waals surface area contributed by atoms with E-state index >= 15 is 0 Å². The quantitative estimate of drug-likeness (QED) is 0.549. The van der Waals surface area contributed by atoms with Crippen molar-refractivity contribution in [2.45, 2.75) is 0 Å². The largest absolute Gasteiger partial charge is 0.464 e. The number of esters is 1. The number of carbonyl (C=O) groups excluding carboxylic acids is 1. The van der Waals surface area contributed by atoms with E-state index in [4.69, 9.17) is 0 Å². The Balaban J connectivity index is 3.05. The number of aromatic nitrogens is 1. The van der Waals surface area contributed by atoms with Crippen LogP contribution in [0.15, 0.2) is 16.7 Å². The summed E-state index contributed by atoms with van der Waals surface area (Å²) in [5.41, 5.74) is 0.0748. The molecule has 0 aromatic carbocycles. The van der Waals surface area contributed by atoms with Gasteiger partial charge in [0, 0.05) is 0 Å². The predicted octanol–water partition coefficient (Wildman–Crippen LogP) is 1.77. The summed E-state index contributed by atoms with van der Waals surface area (Å²) in [6.45, 7) is 0. The smallest absolute Gasteiger partial charge is 0.356 e. The van der Waals surface area contributed by atoms with Crippen LogP contribution in [-0.2, 0) is 4.74 Å². The van der Waals surface area contributed by atoms with Crippen LogP contribution in [0, 0.1) is 5.82 Å². The molecule has 0 fully saturated rings. The first-order valence-electron chi connectivity index (χ1n) is 3.05. The number of hydrogen-bond donors (Lipinski definition) is 0. The minimum absolute atomic E-state index is 0.00500. The lowest BCUT2D eigenvalue weighted by molar-refractivity contribution is 0.0593. The van der Waals surface area contributed by atoms with Gasteiger partial charge in [0.1, 0.15) is 10.3 Å². The maximum atomic E-state index is 12.6. The third-order valence-electron chi connectivity index (χ3n) is 1.20. The van der Waals surface area contributed by atoms with Crippen LogP contribution in [-0.4, -0.2) is 18.1 Å². The van der Waals surface area contributed by atoms with Crippen molar-refractivity contribution in [3.8, 4) is 0 Å². The highest BCUT2D eigenvalue weighted by atomic mass is 79.9. The van der Waals surface area contributed by atoms with E-state index in [1.165, 1.54) is 13.2 Å². The first kappa shape index (κ1) is 9.12. The highest BCUT2D eigenvalue weighted by Gasteiger charge is 2.09. The lowest BCUT2D eigenvalue weighted by atomic mass is 10.3. The van der Waals surface area contributed by atoms with E-state index in [9.17, 15) is 9.18 Å². The van der Waals surface area contributed by atoms with Crippen LogP contribution < -0.4 is 0 Å². The minimum atomic E-state index is -0.587. The number of halogens is 2. The van der Waals surface area contributed by atoms with Gasteiger partial charge >= 0.3 is 5.97 Å². The Hall–Kier alpha value is -0.970. The Morgan fingerprint density at radius 3 is 2.83 bits per heavy atom. The molecule has 0 bridgehead atoms. The first-order chi connectivity index (χ1) is 5.65. The Kier molecular flexibility index (Phi) is 2.75. The van der Waals surface area contributed by atoms with Crippen LogP contribution in [0.1, 0.15) is 10.5 Å². The lowest BCUT2D eigenvalue weighted by Crippen LogP contribution is -2.04. The second kappa shape index (κ2) is 3.62. The molecular weight excluding hydrogens is 229 g/mol. The standard InChI is InChI=1S/C7H5BrFNO2/c1-12-7(11)5-3-2-4(9)6(8)10-5/h2-3H,1H3. The Morgan fingerprint density at radius 2 is 2.33 bits per heavy atom. The van der Waals surface area contributed by atoms with Crippen LogP contribution in [0.4, 0.5) is 4.39 Å². The molecule has 1 rings (SSSR count). The van der Waals surface area contributed by atoms with Crippen molar-refractivity contribution >= 4 is 21.9 Å². The Labute approximate surface area is 76.7 Å². The molecular formula is C7H5BrFNO2. The van der Waals surface area contributed by atoms with E-state index in [-0.39, 0.29) is 10.3 Å². The number of nitrogens with zero attached hydrogens (tertiary/aromatic N) is 1. The van der Waals surface area contributed by atoms with Gasteiger partial charge < -0.3 is 4.74 Å². The molecule has 0 spiro atoms. The van der Waals surface area contributed by atoms with E-state index in [2.05, 4.69) is 25.7 Å². The molecule has 0 N–H and O–H groups in total. The summed E-state index contributed by atoms with van der Waals surface area (Å²) in [4.78, 5) is 14.5. The second-order valence-corrected chi connectivity index (χ2v) is 2.71. The fourth-order valence-electron chi connectivity index (χ4n) is 0.636. The zero-order valence-corrected chi connectivity index (χ0v) is 7.76. The second-order valence-electron chi connectivity index (χ2n) is 1.96. The molecule has 64 valence electrons. The van der Waals surface area contributed by atoms with Gasteiger partial charge in [-0.1, -0.05) is 0 Å². The molecule has 0 radical (unpaired) electrons. The minimum Gasteiger partial charge on any atom is -0.464 e. The molecule has 0 aliphatic carbocycles. The number of methoxy groups -OCH3 is 1. The summed E-state index contributed by atoms with van der Waals surface area (Å²) in [5.74, 6) is -1.10. The van der Waals surface area contributed by atoms with E-state index in [0.29, 0.717) is 0 Å². The summed E-state index contributed by atoms with van der Waals surface area (Å²) >= 11 is 2.85. The van der Waals surface area contributed by atoms with Crippen molar-refractivity contribution in [3.63, 3.8) is 0 Å². The number of rotatable bonds is 1. The van der Waals surface area contributed by atoms with Gasteiger partial charge in [0.05, 0.1) is 7.11 Å². The van der Waals surface area contributed by atoms with E-state index in [1.54, 1.807) is 0 Å². The van der Waals surface area contributed by atoms with Crippen molar-refractivity contribution < 1.29 is 13.9 Å². The average molecular weight is 234 g/mol. The molecule has 0 aliphatic heterocycles. The Morgan fingerprint density at radius 1 is 1.67 bits per heavy atom. The van der Waals surface area contributed by atoms with Gasteiger partial charge in [0.15, 0.2) is 5.82 Å². The van der Waals surface area contributed by atoms with Gasteiger partial charge in [-0.25, -0.2) is 14.2 Å². The molecule has 0 aliphatic rings. The molecule has 12 heavy (non-hydrogen) atoms. The highest BCUT2D eigenvalue weighted by molar-refractivity contribution is 9.10.